The van der Waals surface area contributed by atoms with Gasteiger partial charge in [0.05, 0.1) is 17.6 Å². The van der Waals surface area contributed by atoms with Crippen molar-refractivity contribution in [2.75, 3.05) is 24.2 Å². The molecule has 33 heavy (non-hydrogen) atoms. The number of anilines is 1. The van der Waals surface area contributed by atoms with Crippen LogP contribution in [0.1, 0.15) is 23.5 Å². The number of carbonyl (C=O) groups excluding carboxylic acids is 3. The molecule has 1 aliphatic rings. The lowest BCUT2D eigenvalue weighted by atomic mass is 9.93. The Balaban J connectivity index is 1.27. The highest BCUT2D eigenvalue weighted by atomic mass is 32.2. The normalized spacial score (nSPS) is 15.9. The van der Waals surface area contributed by atoms with Gasteiger partial charge in [-0.05, 0) is 25.0 Å². The topological polar surface area (TPSA) is 102 Å². The summed E-state index contributed by atoms with van der Waals surface area (Å²) in [6.07, 6.45) is 8.03. The number of nitrogens with zero attached hydrogens (tertiary/aromatic N) is 5. The number of thioether (sulfide) groups is 1. The number of benzene rings is 1. The van der Waals surface area contributed by atoms with Crippen molar-refractivity contribution in [3.05, 3.63) is 60.9 Å². The van der Waals surface area contributed by atoms with Crippen LogP contribution in [-0.2, 0) is 23.2 Å². The largest absolute Gasteiger partial charge is 0.340 e. The molecule has 0 spiro atoms. The zero-order chi connectivity index (χ0) is 23.2. The third-order valence-corrected chi connectivity index (χ3v) is 6.53. The molecule has 0 aliphatic carbocycles. The predicted octanol–water partition coefficient (Wildman–Crippen LogP) is 2.47. The molecule has 3 heterocycles. The molecule has 4 rings (SSSR count). The van der Waals surface area contributed by atoms with Gasteiger partial charge in [-0.1, -0.05) is 18.2 Å². The Kier molecular flexibility index (Phi) is 7.23. The summed E-state index contributed by atoms with van der Waals surface area (Å²) in [5, 5.41) is 7.00. The molecule has 1 atom stereocenters. The third kappa shape index (κ3) is 5.89. The summed E-state index contributed by atoms with van der Waals surface area (Å²) in [6.45, 7) is 1.05. The Morgan fingerprint density at radius 1 is 1.21 bits per heavy atom. The van der Waals surface area contributed by atoms with Crippen molar-refractivity contribution in [2.24, 2.45) is 13.0 Å². The van der Waals surface area contributed by atoms with Gasteiger partial charge in [-0.25, -0.2) is 4.98 Å². The number of imidazole rings is 1. The van der Waals surface area contributed by atoms with Crippen molar-refractivity contribution in [3.8, 4) is 0 Å². The van der Waals surface area contributed by atoms with E-state index in [-0.39, 0.29) is 35.8 Å². The van der Waals surface area contributed by atoms with Crippen LogP contribution in [0.4, 0.5) is 5.69 Å². The van der Waals surface area contributed by atoms with E-state index in [1.807, 2.05) is 30.3 Å². The summed E-state index contributed by atoms with van der Waals surface area (Å²) in [4.78, 5) is 44.7. The number of hydrogen-bond acceptors (Lipinski definition) is 6. The average molecular weight is 467 g/mol. The van der Waals surface area contributed by atoms with E-state index in [0.717, 1.165) is 17.7 Å². The first-order valence-electron chi connectivity index (χ1n) is 10.8. The highest BCUT2D eigenvalue weighted by molar-refractivity contribution is 8.00. The van der Waals surface area contributed by atoms with E-state index in [9.17, 15) is 14.4 Å². The molecule has 0 unspecified atom stereocenters. The molecule has 172 valence electrons. The maximum atomic E-state index is 12.8. The Hall–Kier alpha value is -3.40. The van der Waals surface area contributed by atoms with Gasteiger partial charge in [0.25, 0.3) is 0 Å². The van der Waals surface area contributed by atoms with Gasteiger partial charge in [-0.15, -0.1) is 11.8 Å². The van der Waals surface area contributed by atoms with Gasteiger partial charge in [0, 0.05) is 49.5 Å². The van der Waals surface area contributed by atoms with Crippen LogP contribution in [0.15, 0.2) is 60.0 Å². The molecule has 10 heteroatoms. The molecule has 0 bridgehead atoms. The molecule has 1 fully saturated rings. The van der Waals surface area contributed by atoms with Crippen LogP contribution in [-0.4, -0.2) is 60.7 Å². The molecule has 1 N–H and O–H groups in total. The van der Waals surface area contributed by atoms with Gasteiger partial charge >= 0.3 is 0 Å². The lowest BCUT2D eigenvalue weighted by Gasteiger charge is -2.31. The smallest absolute Gasteiger partial charge is 0.244 e. The van der Waals surface area contributed by atoms with Crippen molar-refractivity contribution in [1.29, 1.82) is 0 Å². The van der Waals surface area contributed by atoms with Gasteiger partial charge in [0.1, 0.15) is 6.54 Å². The summed E-state index contributed by atoms with van der Waals surface area (Å²) in [6, 6.07) is 9.70. The number of aromatic nitrogens is 4. The van der Waals surface area contributed by atoms with E-state index >= 15 is 0 Å². The molecule has 1 aromatic carbocycles. The number of piperidine rings is 1. The number of aryl methyl sites for hydroxylation is 1. The second kappa shape index (κ2) is 10.5. The van der Waals surface area contributed by atoms with Crippen molar-refractivity contribution >= 4 is 35.0 Å². The van der Waals surface area contributed by atoms with Crippen LogP contribution in [0.2, 0.25) is 0 Å². The maximum absolute atomic E-state index is 12.8. The molecule has 0 saturated carbocycles. The first kappa shape index (κ1) is 22.8. The number of Topliss-reactive ketones (excluding diaryl/α,β-unsaturated/α-hetero) is 1. The number of amides is 2. The zero-order valence-electron chi connectivity index (χ0n) is 18.4. The van der Waals surface area contributed by atoms with Crippen molar-refractivity contribution in [1.82, 2.24) is 24.2 Å². The lowest BCUT2D eigenvalue weighted by Crippen LogP contribution is -2.44. The number of rotatable bonds is 8. The third-order valence-electron chi connectivity index (χ3n) is 5.51. The number of hydrogen-bond donors (Lipinski definition) is 1. The van der Waals surface area contributed by atoms with E-state index in [4.69, 9.17) is 0 Å². The first-order chi connectivity index (χ1) is 16.0. The van der Waals surface area contributed by atoms with E-state index in [2.05, 4.69) is 15.4 Å². The van der Waals surface area contributed by atoms with Crippen LogP contribution in [0.5, 0.6) is 0 Å². The highest BCUT2D eigenvalue weighted by Crippen LogP contribution is 2.21. The number of nitrogens with one attached hydrogen (secondary N) is 1. The Labute approximate surface area is 196 Å². The average Bonchev–Trinajstić information content (AvgIpc) is 3.46. The molecule has 2 amide bonds. The van der Waals surface area contributed by atoms with Gasteiger partial charge in [-0.2, -0.15) is 5.10 Å². The minimum atomic E-state index is -0.251. The van der Waals surface area contributed by atoms with Crippen LogP contribution in [0, 0.1) is 5.92 Å². The number of carbonyl (C=O) groups is 3. The fourth-order valence-electron chi connectivity index (χ4n) is 3.82. The Morgan fingerprint density at radius 3 is 2.79 bits per heavy atom. The van der Waals surface area contributed by atoms with Crippen LogP contribution in [0.25, 0.3) is 0 Å². The molecule has 1 aliphatic heterocycles. The molecule has 9 nitrogen and oxygen atoms in total. The number of likely N-dealkylation sites (tertiary alicyclic amines) is 1. The quantitative estimate of drug-likeness (QED) is 0.404. The molecule has 2 aromatic heterocycles. The van der Waals surface area contributed by atoms with Gasteiger partial charge < -0.3 is 14.8 Å². The van der Waals surface area contributed by atoms with E-state index in [1.165, 1.54) is 22.6 Å². The number of ketones is 1. The summed E-state index contributed by atoms with van der Waals surface area (Å²) in [5.74, 6) is 0.185. The highest BCUT2D eigenvalue weighted by Gasteiger charge is 2.30. The van der Waals surface area contributed by atoms with Crippen molar-refractivity contribution in [2.45, 2.75) is 24.3 Å². The second-order valence-corrected chi connectivity index (χ2v) is 9.03. The second-order valence-electron chi connectivity index (χ2n) is 7.98. The molecular weight excluding hydrogens is 440 g/mol. The van der Waals surface area contributed by atoms with Crippen molar-refractivity contribution < 1.29 is 14.4 Å². The van der Waals surface area contributed by atoms with Gasteiger partial charge in [0.15, 0.2) is 5.82 Å². The van der Waals surface area contributed by atoms with Crippen LogP contribution >= 0.6 is 11.8 Å². The van der Waals surface area contributed by atoms with E-state index < -0.39 is 0 Å². The maximum Gasteiger partial charge on any atom is 0.244 e. The fourth-order valence-corrected chi connectivity index (χ4v) is 4.54. The van der Waals surface area contributed by atoms with Crippen molar-refractivity contribution in [3.63, 3.8) is 0 Å². The Morgan fingerprint density at radius 2 is 2.03 bits per heavy atom. The summed E-state index contributed by atoms with van der Waals surface area (Å²) < 4.78 is 3.22. The molecular formula is C23H26N6O3S. The SMILES string of the molecule is Cn1ccnc1C(=O)[C@@H]1CCCN(C(=O)Cn2cc(NC(=O)CSc3ccccc3)cn2)C1. The van der Waals surface area contributed by atoms with Crippen LogP contribution in [0.3, 0.4) is 0 Å². The first-order valence-corrected chi connectivity index (χ1v) is 11.8. The van der Waals surface area contributed by atoms with Crippen LogP contribution < -0.4 is 5.32 Å². The van der Waals surface area contributed by atoms with Gasteiger partial charge in [-0.3, -0.25) is 19.1 Å². The van der Waals surface area contributed by atoms with Gasteiger partial charge in [0.2, 0.25) is 17.6 Å². The zero-order valence-corrected chi connectivity index (χ0v) is 19.2. The standard InChI is InChI=1S/C23H26N6O3S/c1-27-11-9-24-23(27)22(32)17-6-5-10-28(13-17)21(31)15-29-14-18(12-25-29)26-20(30)16-33-19-7-3-2-4-8-19/h2-4,7-9,11-12,14,17H,5-6,10,13,15-16H2,1H3,(H,26,30)/t17-/m1/s1. The molecule has 0 radical (unpaired) electrons. The lowest BCUT2D eigenvalue weighted by molar-refractivity contribution is -0.133. The Bertz CT molecular complexity index is 1130. The molecule has 1 saturated heterocycles. The molecule has 3 aromatic rings. The monoisotopic (exact) mass is 466 g/mol. The summed E-state index contributed by atoms with van der Waals surface area (Å²) in [5.41, 5.74) is 0.544. The minimum Gasteiger partial charge on any atom is -0.340 e. The fraction of sp³-hybridized carbons (Fsp3) is 0.348. The summed E-state index contributed by atoms with van der Waals surface area (Å²) in [7, 11) is 1.79. The van der Waals surface area contributed by atoms with E-state index in [1.54, 1.807) is 35.1 Å². The summed E-state index contributed by atoms with van der Waals surface area (Å²) >= 11 is 1.45. The minimum absolute atomic E-state index is 0.0301. The van der Waals surface area contributed by atoms with E-state index in [0.29, 0.717) is 24.6 Å². The predicted molar refractivity (Wildman–Crippen MR) is 125 cm³/mol.